The van der Waals surface area contributed by atoms with Crippen LogP contribution in [0.2, 0.25) is 0 Å². The van der Waals surface area contributed by atoms with E-state index in [2.05, 4.69) is 54.2 Å². The summed E-state index contributed by atoms with van der Waals surface area (Å²) in [7, 11) is -0.621. The predicted octanol–water partition coefficient (Wildman–Crippen LogP) is 3.95. The molecule has 232 valence electrons. The molecule has 0 spiro atoms. The monoisotopic (exact) mass is 628 g/mol. The van der Waals surface area contributed by atoms with E-state index in [1.54, 1.807) is 7.11 Å². The minimum absolute atomic E-state index is 0.227. The van der Waals surface area contributed by atoms with E-state index in [0.717, 1.165) is 86.5 Å². The zero-order chi connectivity index (χ0) is 30.8. The summed E-state index contributed by atoms with van der Waals surface area (Å²) in [6, 6.07) is 14.4. The van der Waals surface area contributed by atoms with Gasteiger partial charge in [-0.3, -0.25) is 14.8 Å². The largest absolute Gasteiger partial charge is 0.495 e. The van der Waals surface area contributed by atoms with Crippen molar-refractivity contribution in [2.45, 2.75) is 18.9 Å². The Morgan fingerprint density at radius 1 is 1.12 bits per heavy atom. The zero-order valence-electron chi connectivity index (χ0n) is 25.4. The molecule has 0 amide bonds. The molecule has 3 N–H and O–H groups in total. The van der Waals surface area contributed by atoms with Crippen LogP contribution in [0.4, 0.5) is 17.1 Å². The number of piperazine rings is 1. The van der Waals surface area contributed by atoms with Crippen molar-refractivity contribution in [1.82, 2.24) is 9.80 Å². The standard InChI is InChI=1S/C31H44ClN7O3P/c1-33-22-26(32)31(36-28-7-5-6-8-30(28)43(3,4)41)35-23-34-27-10-9-25(21-29(27)42-2)38-13-11-24(12-14-38)39-17-15-37(16-18-39)19-20-40/h5-10,20-22,24,34,41H,1,11-19,23H2,2-4H3,(H,35,36)/q+1/b26-22+. The number of halogens is 1. The maximum Gasteiger partial charge on any atom is 0.170 e. The molecule has 43 heavy (non-hydrogen) atoms. The molecule has 2 heterocycles. The van der Waals surface area contributed by atoms with Crippen LogP contribution in [0.1, 0.15) is 12.8 Å². The molecule has 4 rings (SSSR count). The van der Waals surface area contributed by atoms with Crippen molar-refractivity contribution in [3.63, 3.8) is 0 Å². The molecule has 2 fully saturated rings. The first-order valence-electron chi connectivity index (χ1n) is 14.6. The molecule has 0 radical (unpaired) electrons. The van der Waals surface area contributed by atoms with Crippen LogP contribution in [0.3, 0.4) is 0 Å². The van der Waals surface area contributed by atoms with E-state index in [-0.39, 0.29) is 6.67 Å². The van der Waals surface area contributed by atoms with Gasteiger partial charge >= 0.3 is 0 Å². The van der Waals surface area contributed by atoms with Crippen LogP contribution in [-0.4, -0.2) is 112 Å². The fraction of sp³-hybridized carbons (Fsp3) is 0.452. The van der Waals surface area contributed by atoms with E-state index in [4.69, 9.17) is 16.3 Å². The second-order valence-corrected chi connectivity index (χ2v) is 14.8. The normalized spacial score (nSPS) is 17.9. The average Bonchev–Trinajstić information content (AvgIpc) is 3.01. The minimum Gasteiger partial charge on any atom is -0.495 e. The van der Waals surface area contributed by atoms with Gasteiger partial charge in [0.25, 0.3) is 0 Å². The Labute approximate surface area is 260 Å². The Balaban J connectivity index is 1.38. The number of aldehydes is 1. The number of rotatable bonds is 12. The lowest BCUT2D eigenvalue weighted by molar-refractivity contribution is -0.109. The van der Waals surface area contributed by atoms with Gasteiger partial charge in [-0.05, 0) is 43.8 Å². The van der Waals surface area contributed by atoms with Crippen molar-refractivity contribution in [3.05, 3.63) is 53.7 Å². The van der Waals surface area contributed by atoms with Crippen molar-refractivity contribution >= 4 is 60.3 Å². The summed E-state index contributed by atoms with van der Waals surface area (Å²) in [6.07, 6.45) is 4.67. The molecule has 0 aliphatic carbocycles. The molecule has 0 saturated carbocycles. The van der Waals surface area contributed by atoms with Crippen molar-refractivity contribution < 1.29 is 14.4 Å². The fourth-order valence-electron chi connectivity index (χ4n) is 5.63. The van der Waals surface area contributed by atoms with Gasteiger partial charge < -0.3 is 25.1 Å². The number of anilines is 3. The van der Waals surface area contributed by atoms with Crippen LogP contribution in [0.15, 0.2) is 63.7 Å². The second-order valence-electron chi connectivity index (χ2n) is 11.1. The Bertz CT molecular complexity index is 1300. The van der Waals surface area contributed by atoms with Gasteiger partial charge in [-0.2, -0.15) is 0 Å². The van der Waals surface area contributed by atoms with Gasteiger partial charge in [0, 0.05) is 63.3 Å². The smallest absolute Gasteiger partial charge is 0.170 e. The molecule has 0 atom stereocenters. The lowest BCUT2D eigenvalue weighted by Gasteiger charge is -2.43. The number of ether oxygens (including phenoxy) is 1. The van der Waals surface area contributed by atoms with E-state index in [9.17, 15) is 9.69 Å². The van der Waals surface area contributed by atoms with E-state index in [1.165, 1.54) is 6.20 Å². The van der Waals surface area contributed by atoms with Crippen molar-refractivity contribution in [2.75, 3.05) is 88.5 Å². The van der Waals surface area contributed by atoms with E-state index in [1.807, 2.05) is 43.7 Å². The first-order chi connectivity index (χ1) is 20.7. The average molecular weight is 629 g/mol. The number of carbonyl (C=O) groups is 1. The summed E-state index contributed by atoms with van der Waals surface area (Å²) in [5.74, 6) is 1.15. The highest BCUT2D eigenvalue weighted by Gasteiger charge is 2.29. The van der Waals surface area contributed by atoms with Gasteiger partial charge in [-0.1, -0.05) is 23.7 Å². The number of benzene rings is 2. The number of amidine groups is 1. The van der Waals surface area contributed by atoms with Crippen molar-refractivity contribution in [1.29, 1.82) is 0 Å². The number of hydrogen-bond acceptors (Lipinski definition) is 9. The fourth-order valence-corrected chi connectivity index (χ4v) is 6.98. The number of nitrogens with zero attached hydrogens (tertiary/aromatic N) is 5. The Morgan fingerprint density at radius 2 is 1.84 bits per heavy atom. The quantitative estimate of drug-likeness (QED) is 0.141. The van der Waals surface area contributed by atoms with E-state index < -0.39 is 7.49 Å². The third-order valence-corrected chi connectivity index (χ3v) is 9.80. The van der Waals surface area contributed by atoms with Gasteiger partial charge in [0.15, 0.2) is 7.49 Å². The number of nitrogens with one attached hydrogen (secondary N) is 2. The summed E-state index contributed by atoms with van der Waals surface area (Å²) >= 11 is 6.49. The molecule has 2 aromatic carbocycles. The highest BCUT2D eigenvalue weighted by Crippen LogP contribution is 2.46. The van der Waals surface area contributed by atoms with Crippen LogP contribution in [0.5, 0.6) is 5.75 Å². The highest BCUT2D eigenvalue weighted by molar-refractivity contribution is 7.76. The summed E-state index contributed by atoms with van der Waals surface area (Å²) in [5.41, 5.74) is 2.70. The summed E-state index contributed by atoms with van der Waals surface area (Å²) in [5, 5.41) is 7.73. The van der Waals surface area contributed by atoms with Crippen molar-refractivity contribution in [3.8, 4) is 5.75 Å². The first-order valence-corrected chi connectivity index (χ1v) is 17.6. The Hall–Kier alpha value is -3.01. The number of methoxy groups -OCH3 is 1. The van der Waals surface area contributed by atoms with Gasteiger partial charge in [0.2, 0.25) is 0 Å². The summed E-state index contributed by atoms with van der Waals surface area (Å²) < 4.78 is 5.74. The Morgan fingerprint density at radius 3 is 2.49 bits per heavy atom. The lowest BCUT2D eigenvalue weighted by atomic mass is 10.0. The number of hydrogen-bond donors (Lipinski definition) is 3. The van der Waals surface area contributed by atoms with Gasteiger partial charge in [0.1, 0.15) is 34.9 Å². The maximum absolute atomic E-state index is 10.8. The topological polar surface area (TPSA) is 105 Å². The molecule has 12 heteroatoms. The number of piperidine rings is 1. The molecular formula is C31H44ClN7O3P+. The predicted molar refractivity (Wildman–Crippen MR) is 182 cm³/mol. The molecule has 0 bridgehead atoms. The van der Waals surface area contributed by atoms with Crippen molar-refractivity contribution in [2.24, 2.45) is 9.98 Å². The van der Waals surface area contributed by atoms with E-state index >= 15 is 0 Å². The van der Waals surface area contributed by atoms with Crippen LogP contribution in [-0.2, 0) is 4.79 Å². The molecule has 2 saturated heterocycles. The maximum atomic E-state index is 10.8. The highest BCUT2D eigenvalue weighted by atomic mass is 35.5. The molecule has 2 aliphatic rings. The molecule has 10 nitrogen and oxygen atoms in total. The third-order valence-electron chi connectivity index (χ3n) is 7.95. The molecule has 2 aliphatic heterocycles. The van der Waals surface area contributed by atoms with Crippen LogP contribution < -0.4 is 25.6 Å². The molecule has 0 aromatic heterocycles. The van der Waals surface area contributed by atoms with Gasteiger partial charge in [-0.15, -0.1) is 0 Å². The number of aliphatic imine (C=N–C) groups is 2. The molecule has 0 unspecified atom stereocenters. The number of carbonyl (C=O) groups excluding carboxylic acids is 1. The minimum atomic E-state index is -2.29. The molecule has 2 aromatic rings. The zero-order valence-corrected chi connectivity index (χ0v) is 27.0. The molecular weight excluding hydrogens is 585 g/mol. The van der Waals surface area contributed by atoms with Crippen LogP contribution in [0.25, 0.3) is 0 Å². The summed E-state index contributed by atoms with van der Waals surface area (Å²) in [4.78, 5) is 37.2. The lowest BCUT2D eigenvalue weighted by Crippen LogP contribution is -2.53. The SMILES string of the molecule is C=N/C=C(/Cl)C(=NCNc1ccc(N2CCC(N3CCN(CC=O)CC3)CC2)cc1OC)Nc1ccccc1[P+](C)(C)O. The second kappa shape index (κ2) is 15.6. The van der Waals surface area contributed by atoms with Crippen LogP contribution >= 0.6 is 19.1 Å². The Kier molecular flexibility index (Phi) is 12.0. The van der Waals surface area contributed by atoms with E-state index in [0.29, 0.717) is 23.5 Å². The number of para-hydroxylation sites is 1. The van der Waals surface area contributed by atoms with Gasteiger partial charge in [0.05, 0.1) is 38.4 Å². The first kappa shape index (κ1) is 32.9. The third kappa shape index (κ3) is 9.00. The van der Waals surface area contributed by atoms with Gasteiger partial charge in [-0.25, -0.2) is 9.89 Å². The van der Waals surface area contributed by atoms with Crippen LogP contribution in [0, 0.1) is 0 Å². The summed E-state index contributed by atoms with van der Waals surface area (Å²) in [6.45, 7) is 13.9.